The molecule has 4 nitrogen and oxygen atoms in total. The zero-order chi connectivity index (χ0) is 8.85. The molecule has 0 saturated heterocycles. The molecule has 1 atom stereocenters. The van der Waals surface area contributed by atoms with Gasteiger partial charge in [-0.3, -0.25) is 4.79 Å². The maximum Gasteiger partial charge on any atom is 0.325 e. The van der Waals surface area contributed by atoms with Gasteiger partial charge in [-0.15, -0.1) is 12.4 Å². The average molecular weight is 198 g/mol. The highest BCUT2D eigenvalue weighted by atomic mass is 35.5. The van der Waals surface area contributed by atoms with Crippen LogP contribution in [-0.4, -0.2) is 30.3 Å². The van der Waals surface area contributed by atoms with Gasteiger partial charge in [0.2, 0.25) is 0 Å². The maximum atomic E-state index is 10.8. The molecule has 0 aliphatic carbocycles. The van der Waals surface area contributed by atoms with Crippen molar-refractivity contribution < 1.29 is 14.6 Å². The number of esters is 1. The monoisotopic (exact) mass is 197 g/mol. The van der Waals surface area contributed by atoms with Crippen LogP contribution in [0.25, 0.3) is 0 Å². The standard InChI is InChI=1S/C7H15NO3.ClH/c1-5(2)4-11-7(10)6(8)3-9;/h5-6,9H,3-4,8H2,1-2H3;1H/t6-;/m0./s1. The third-order valence-electron chi connectivity index (χ3n) is 1.06. The molecule has 0 heterocycles. The van der Waals surface area contributed by atoms with Crippen LogP contribution in [0.15, 0.2) is 0 Å². The van der Waals surface area contributed by atoms with Crippen LogP contribution in [0.3, 0.4) is 0 Å². The van der Waals surface area contributed by atoms with Crippen molar-refractivity contribution in [3.8, 4) is 0 Å². The van der Waals surface area contributed by atoms with Crippen molar-refractivity contribution in [2.75, 3.05) is 13.2 Å². The fraction of sp³-hybridized carbons (Fsp3) is 0.857. The van der Waals surface area contributed by atoms with E-state index in [1.807, 2.05) is 13.8 Å². The van der Waals surface area contributed by atoms with Crippen LogP contribution in [0, 0.1) is 5.92 Å². The second-order valence-electron chi connectivity index (χ2n) is 2.81. The number of hydrogen-bond acceptors (Lipinski definition) is 4. The van der Waals surface area contributed by atoms with Gasteiger partial charge in [-0.2, -0.15) is 0 Å². The summed E-state index contributed by atoms with van der Waals surface area (Å²) >= 11 is 0. The minimum atomic E-state index is -0.895. The lowest BCUT2D eigenvalue weighted by Gasteiger charge is -2.09. The normalized spacial score (nSPS) is 12.1. The Morgan fingerprint density at radius 2 is 2.08 bits per heavy atom. The van der Waals surface area contributed by atoms with E-state index in [-0.39, 0.29) is 19.0 Å². The first-order valence-electron chi connectivity index (χ1n) is 3.61. The molecule has 0 spiro atoms. The molecule has 5 heteroatoms. The quantitative estimate of drug-likeness (QED) is 0.619. The highest BCUT2D eigenvalue weighted by Gasteiger charge is 2.13. The molecule has 0 bridgehead atoms. The molecule has 12 heavy (non-hydrogen) atoms. The Labute approximate surface area is 78.5 Å². The van der Waals surface area contributed by atoms with E-state index in [4.69, 9.17) is 15.6 Å². The highest BCUT2D eigenvalue weighted by Crippen LogP contribution is 1.93. The van der Waals surface area contributed by atoms with Crippen LogP contribution in [-0.2, 0) is 9.53 Å². The van der Waals surface area contributed by atoms with Gasteiger partial charge in [0, 0.05) is 0 Å². The summed E-state index contributed by atoms with van der Waals surface area (Å²) in [5.74, 6) is -0.244. The SMILES string of the molecule is CC(C)COC(=O)[C@@H](N)CO.Cl. The first-order chi connectivity index (χ1) is 5.07. The molecule has 0 amide bonds. The maximum absolute atomic E-state index is 10.8. The number of rotatable bonds is 4. The number of aliphatic hydroxyl groups excluding tert-OH is 1. The molecule has 0 saturated carbocycles. The third-order valence-corrected chi connectivity index (χ3v) is 1.06. The van der Waals surface area contributed by atoms with E-state index >= 15 is 0 Å². The van der Waals surface area contributed by atoms with Gasteiger partial charge in [0.25, 0.3) is 0 Å². The number of aliphatic hydroxyl groups is 1. The molecule has 0 aromatic rings. The van der Waals surface area contributed by atoms with Crippen LogP contribution < -0.4 is 5.73 Å². The minimum Gasteiger partial charge on any atom is -0.464 e. The molecule has 0 rings (SSSR count). The highest BCUT2D eigenvalue weighted by molar-refractivity contribution is 5.85. The lowest BCUT2D eigenvalue weighted by Crippen LogP contribution is -2.36. The van der Waals surface area contributed by atoms with Crippen molar-refractivity contribution in [3.63, 3.8) is 0 Å². The fourth-order valence-corrected chi connectivity index (χ4v) is 0.430. The summed E-state index contributed by atoms with van der Waals surface area (Å²) < 4.78 is 4.73. The van der Waals surface area contributed by atoms with Crippen LogP contribution in [0.1, 0.15) is 13.8 Å². The van der Waals surface area contributed by atoms with Gasteiger partial charge < -0.3 is 15.6 Å². The van der Waals surface area contributed by atoms with Gasteiger partial charge in [0.1, 0.15) is 6.04 Å². The number of halogens is 1. The largest absolute Gasteiger partial charge is 0.464 e. The molecule has 0 aliphatic rings. The molecule has 0 unspecified atom stereocenters. The van der Waals surface area contributed by atoms with Crippen LogP contribution in [0.4, 0.5) is 0 Å². The Morgan fingerprint density at radius 1 is 1.58 bits per heavy atom. The zero-order valence-electron chi connectivity index (χ0n) is 7.32. The summed E-state index contributed by atoms with van der Waals surface area (Å²) in [6.07, 6.45) is 0. The Hall–Kier alpha value is -0.320. The summed E-state index contributed by atoms with van der Waals surface area (Å²) in [5.41, 5.74) is 5.18. The molecular weight excluding hydrogens is 182 g/mol. The van der Waals surface area contributed by atoms with Gasteiger partial charge >= 0.3 is 5.97 Å². The van der Waals surface area contributed by atoms with Gasteiger partial charge in [0.15, 0.2) is 0 Å². The Balaban J connectivity index is 0. The van der Waals surface area contributed by atoms with Crippen molar-refractivity contribution in [3.05, 3.63) is 0 Å². The van der Waals surface area contributed by atoms with Crippen molar-refractivity contribution >= 4 is 18.4 Å². The van der Waals surface area contributed by atoms with E-state index < -0.39 is 12.0 Å². The first-order valence-corrected chi connectivity index (χ1v) is 3.61. The second kappa shape index (κ2) is 7.34. The van der Waals surface area contributed by atoms with Crippen molar-refractivity contribution in [2.24, 2.45) is 11.7 Å². The van der Waals surface area contributed by atoms with Crippen LogP contribution >= 0.6 is 12.4 Å². The molecule has 74 valence electrons. The Bertz CT molecular complexity index is 130. The molecular formula is C7H16ClNO3. The molecule has 3 N–H and O–H groups in total. The summed E-state index contributed by atoms with van der Waals surface area (Å²) in [4.78, 5) is 10.8. The minimum absolute atomic E-state index is 0. The molecule has 0 radical (unpaired) electrons. The number of carbonyl (C=O) groups excluding carboxylic acids is 1. The smallest absolute Gasteiger partial charge is 0.325 e. The predicted octanol–water partition coefficient (Wildman–Crippen LogP) is -0.0730. The summed E-state index contributed by atoms with van der Waals surface area (Å²) in [5, 5.41) is 8.44. The third kappa shape index (κ3) is 6.39. The fourth-order valence-electron chi connectivity index (χ4n) is 0.430. The Kier molecular flexibility index (Phi) is 8.69. The van der Waals surface area contributed by atoms with Crippen molar-refractivity contribution in [1.29, 1.82) is 0 Å². The van der Waals surface area contributed by atoms with E-state index in [0.29, 0.717) is 12.5 Å². The van der Waals surface area contributed by atoms with Gasteiger partial charge in [-0.1, -0.05) is 13.8 Å². The number of hydrogen-bond donors (Lipinski definition) is 2. The van der Waals surface area contributed by atoms with E-state index in [1.54, 1.807) is 0 Å². The van der Waals surface area contributed by atoms with Crippen LogP contribution in [0.2, 0.25) is 0 Å². The predicted molar refractivity (Wildman–Crippen MR) is 48.1 cm³/mol. The topological polar surface area (TPSA) is 72.5 Å². The molecule has 0 aromatic heterocycles. The Morgan fingerprint density at radius 3 is 2.42 bits per heavy atom. The lowest BCUT2D eigenvalue weighted by molar-refractivity contribution is -0.147. The second-order valence-corrected chi connectivity index (χ2v) is 2.81. The van der Waals surface area contributed by atoms with E-state index in [9.17, 15) is 4.79 Å². The van der Waals surface area contributed by atoms with Gasteiger partial charge in [-0.25, -0.2) is 0 Å². The zero-order valence-corrected chi connectivity index (χ0v) is 8.13. The van der Waals surface area contributed by atoms with Crippen molar-refractivity contribution in [2.45, 2.75) is 19.9 Å². The first kappa shape index (κ1) is 14.2. The molecule has 0 aliphatic heterocycles. The molecule has 0 fully saturated rings. The van der Waals surface area contributed by atoms with E-state index in [2.05, 4.69) is 0 Å². The lowest BCUT2D eigenvalue weighted by atomic mass is 10.2. The van der Waals surface area contributed by atoms with Crippen LogP contribution in [0.5, 0.6) is 0 Å². The van der Waals surface area contributed by atoms with E-state index in [0.717, 1.165) is 0 Å². The summed E-state index contributed by atoms with van der Waals surface area (Å²) in [6.45, 7) is 3.85. The van der Waals surface area contributed by atoms with Gasteiger partial charge in [-0.05, 0) is 5.92 Å². The average Bonchev–Trinajstić information content (AvgIpc) is 1.98. The number of ether oxygens (including phenoxy) is 1. The van der Waals surface area contributed by atoms with Gasteiger partial charge in [0.05, 0.1) is 13.2 Å². The van der Waals surface area contributed by atoms with Crippen molar-refractivity contribution in [1.82, 2.24) is 0 Å². The molecule has 0 aromatic carbocycles. The van der Waals surface area contributed by atoms with E-state index in [1.165, 1.54) is 0 Å². The number of carbonyl (C=O) groups is 1. The number of nitrogens with two attached hydrogens (primary N) is 1. The summed E-state index contributed by atoms with van der Waals surface area (Å²) in [7, 11) is 0. The summed E-state index contributed by atoms with van der Waals surface area (Å²) in [6, 6.07) is -0.895.